The first-order valence-corrected chi connectivity index (χ1v) is 6.89. The van der Waals surface area contributed by atoms with Gasteiger partial charge in [0.05, 0.1) is 17.4 Å². The highest BCUT2D eigenvalue weighted by Gasteiger charge is 2.43. The minimum absolute atomic E-state index is 0.0175. The van der Waals surface area contributed by atoms with E-state index in [1.807, 2.05) is 6.92 Å². The molecule has 0 bridgehead atoms. The standard InChI is InChI=1S/C9H16N2O3S/c1-9(10)5-11(6-9)8(12)7-2-3-15(13,14)4-7/h7H,2-6,10H2,1H3. The van der Waals surface area contributed by atoms with Gasteiger partial charge in [-0.3, -0.25) is 4.79 Å². The fourth-order valence-corrected chi connectivity index (χ4v) is 3.96. The second-order valence-corrected chi connectivity index (χ2v) is 7.18. The van der Waals surface area contributed by atoms with E-state index < -0.39 is 9.84 Å². The van der Waals surface area contributed by atoms with Crippen molar-refractivity contribution in [3.05, 3.63) is 0 Å². The molecule has 0 aromatic heterocycles. The summed E-state index contributed by atoms with van der Waals surface area (Å²) >= 11 is 0. The van der Waals surface area contributed by atoms with Crippen molar-refractivity contribution in [3.8, 4) is 0 Å². The van der Waals surface area contributed by atoms with Crippen LogP contribution in [-0.4, -0.2) is 49.4 Å². The van der Waals surface area contributed by atoms with Gasteiger partial charge in [0.25, 0.3) is 0 Å². The van der Waals surface area contributed by atoms with Crippen LogP contribution >= 0.6 is 0 Å². The lowest BCUT2D eigenvalue weighted by atomic mass is 9.92. The Morgan fingerprint density at radius 2 is 2.07 bits per heavy atom. The molecular formula is C9H16N2O3S. The van der Waals surface area contributed by atoms with Gasteiger partial charge >= 0.3 is 0 Å². The molecule has 0 aromatic rings. The van der Waals surface area contributed by atoms with Gasteiger partial charge < -0.3 is 10.6 Å². The molecule has 6 heteroatoms. The van der Waals surface area contributed by atoms with Gasteiger partial charge in [-0.2, -0.15) is 0 Å². The SMILES string of the molecule is CC1(N)CN(C(=O)C2CCS(=O)(=O)C2)C1. The molecule has 2 aliphatic heterocycles. The van der Waals surface area contributed by atoms with E-state index in [4.69, 9.17) is 5.73 Å². The summed E-state index contributed by atoms with van der Waals surface area (Å²) in [5.41, 5.74) is 5.50. The molecule has 0 radical (unpaired) electrons. The largest absolute Gasteiger partial charge is 0.339 e. The van der Waals surface area contributed by atoms with Gasteiger partial charge in [-0.15, -0.1) is 0 Å². The first kappa shape index (κ1) is 10.9. The zero-order chi connectivity index (χ0) is 11.3. The van der Waals surface area contributed by atoms with E-state index in [9.17, 15) is 13.2 Å². The van der Waals surface area contributed by atoms with Crippen LogP contribution in [0.15, 0.2) is 0 Å². The fourth-order valence-electron chi connectivity index (χ4n) is 2.23. The zero-order valence-electron chi connectivity index (χ0n) is 8.77. The van der Waals surface area contributed by atoms with Gasteiger partial charge in [0.1, 0.15) is 0 Å². The Balaban J connectivity index is 1.94. The van der Waals surface area contributed by atoms with Crippen molar-refractivity contribution in [2.75, 3.05) is 24.6 Å². The minimum Gasteiger partial charge on any atom is -0.339 e. The average Bonchev–Trinajstić information content (AvgIpc) is 2.40. The highest BCUT2D eigenvalue weighted by molar-refractivity contribution is 7.91. The molecule has 15 heavy (non-hydrogen) atoms. The Kier molecular flexibility index (Phi) is 2.31. The predicted octanol–water partition coefficient (Wildman–Crippen LogP) is -1.02. The summed E-state index contributed by atoms with van der Waals surface area (Å²) in [7, 11) is -2.97. The average molecular weight is 232 g/mol. The minimum atomic E-state index is -2.97. The number of hydrogen-bond acceptors (Lipinski definition) is 4. The number of rotatable bonds is 1. The second kappa shape index (κ2) is 3.18. The molecule has 0 aromatic carbocycles. The van der Waals surface area contributed by atoms with Gasteiger partial charge in [0.15, 0.2) is 9.84 Å². The van der Waals surface area contributed by atoms with Crippen molar-refractivity contribution in [1.82, 2.24) is 4.90 Å². The Bertz CT molecular complexity index is 380. The summed E-state index contributed by atoms with van der Waals surface area (Å²) in [6.07, 6.45) is 0.471. The first-order valence-electron chi connectivity index (χ1n) is 5.07. The Morgan fingerprint density at radius 1 is 1.47 bits per heavy atom. The molecule has 0 saturated carbocycles. The third-order valence-electron chi connectivity index (χ3n) is 3.00. The Hall–Kier alpha value is -0.620. The van der Waals surface area contributed by atoms with Crippen LogP contribution in [0.25, 0.3) is 0 Å². The Morgan fingerprint density at radius 3 is 2.47 bits per heavy atom. The van der Waals surface area contributed by atoms with Crippen LogP contribution in [0.5, 0.6) is 0 Å². The van der Waals surface area contributed by atoms with Crippen LogP contribution in [0.3, 0.4) is 0 Å². The van der Waals surface area contributed by atoms with E-state index in [-0.39, 0.29) is 28.9 Å². The van der Waals surface area contributed by atoms with Crippen LogP contribution in [0, 0.1) is 5.92 Å². The zero-order valence-corrected chi connectivity index (χ0v) is 9.59. The third-order valence-corrected chi connectivity index (χ3v) is 4.77. The lowest BCUT2D eigenvalue weighted by Crippen LogP contribution is -2.67. The first-order chi connectivity index (χ1) is 6.79. The van der Waals surface area contributed by atoms with E-state index in [0.717, 1.165) is 0 Å². The number of nitrogens with two attached hydrogens (primary N) is 1. The van der Waals surface area contributed by atoms with Gasteiger partial charge in [0.2, 0.25) is 5.91 Å². The molecule has 5 nitrogen and oxygen atoms in total. The second-order valence-electron chi connectivity index (χ2n) is 4.95. The highest BCUT2D eigenvalue weighted by atomic mass is 32.2. The van der Waals surface area contributed by atoms with Crippen LogP contribution in [0.4, 0.5) is 0 Å². The van der Waals surface area contributed by atoms with Crippen molar-refractivity contribution in [3.63, 3.8) is 0 Å². The van der Waals surface area contributed by atoms with Crippen LogP contribution in [0.2, 0.25) is 0 Å². The normalized spacial score (nSPS) is 32.4. The smallest absolute Gasteiger partial charge is 0.226 e. The molecule has 2 saturated heterocycles. The molecule has 1 atom stereocenters. The van der Waals surface area contributed by atoms with Gasteiger partial charge in [-0.05, 0) is 13.3 Å². The summed E-state index contributed by atoms with van der Waals surface area (Å²) in [5, 5.41) is 0. The lowest BCUT2D eigenvalue weighted by Gasteiger charge is -2.46. The summed E-state index contributed by atoms with van der Waals surface area (Å²) in [4.78, 5) is 13.5. The molecular weight excluding hydrogens is 216 g/mol. The molecule has 0 spiro atoms. The fraction of sp³-hybridized carbons (Fsp3) is 0.889. The molecule has 86 valence electrons. The number of nitrogens with zero attached hydrogens (tertiary/aromatic N) is 1. The number of sulfone groups is 1. The van der Waals surface area contributed by atoms with Crippen molar-refractivity contribution < 1.29 is 13.2 Å². The number of likely N-dealkylation sites (tertiary alicyclic amines) is 1. The lowest BCUT2D eigenvalue weighted by molar-refractivity contribution is -0.141. The number of amides is 1. The van der Waals surface area contributed by atoms with Crippen molar-refractivity contribution in [2.45, 2.75) is 18.9 Å². The van der Waals surface area contributed by atoms with Crippen LogP contribution in [-0.2, 0) is 14.6 Å². The molecule has 1 amide bonds. The molecule has 2 fully saturated rings. The quantitative estimate of drug-likeness (QED) is 0.627. The summed E-state index contributed by atoms with van der Waals surface area (Å²) < 4.78 is 22.4. The van der Waals surface area contributed by atoms with E-state index in [1.165, 1.54) is 0 Å². The van der Waals surface area contributed by atoms with Gasteiger partial charge in [-0.25, -0.2) is 8.42 Å². The Labute approximate surface area is 89.5 Å². The summed E-state index contributed by atoms with van der Waals surface area (Å²) in [5.74, 6) is -0.203. The number of carbonyl (C=O) groups is 1. The maximum absolute atomic E-state index is 11.8. The number of carbonyl (C=O) groups excluding carboxylic acids is 1. The predicted molar refractivity (Wildman–Crippen MR) is 55.9 cm³/mol. The highest BCUT2D eigenvalue weighted by Crippen LogP contribution is 2.25. The summed E-state index contributed by atoms with van der Waals surface area (Å²) in [6.45, 7) is 2.98. The van der Waals surface area contributed by atoms with Crippen molar-refractivity contribution >= 4 is 15.7 Å². The molecule has 2 heterocycles. The van der Waals surface area contributed by atoms with Crippen LogP contribution in [0.1, 0.15) is 13.3 Å². The van der Waals surface area contributed by atoms with E-state index in [1.54, 1.807) is 4.90 Å². The maximum Gasteiger partial charge on any atom is 0.226 e. The maximum atomic E-state index is 11.8. The molecule has 2 aliphatic rings. The molecule has 1 unspecified atom stereocenters. The summed E-state index contributed by atoms with van der Waals surface area (Å²) in [6, 6.07) is 0. The monoisotopic (exact) mass is 232 g/mol. The third kappa shape index (κ3) is 2.15. The number of hydrogen-bond donors (Lipinski definition) is 1. The topological polar surface area (TPSA) is 80.5 Å². The van der Waals surface area contributed by atoms with E-state index in [0.29, 0.717) is 19.5 Å². The van der Waals surface area contributed by atoms with Crippen LogP contribution < -0.4 is 5.73 Å². The van der Waals surface area contributed by atoms with Gasteiger partial charge in [0, 0.05) is 18.6 Å². The van der Waals surface area contributed by atoms with E-state index in [2.05, 4.69) is 0 Å². The molecule has 2 rings (SSSR count). The van der Waals surface area contributed by atoms with Crippen molar-refractivity contribution in [2.24, 2.45) is 11.7 Å². The molecule has 0 aliphatic carbocycles. The molecule has 2 N–H and O–H groups in total. The van der Waals surface area contributed by atoms with E-state index >= 15 is 0 Å². The van der Waals surface area contributed by atoms with Gasteiger partial charge in [-0.1, -0.05) is 0 Å². The van der Waals surface area contributed by atoms with Crippen molar-refractivity contribution in [1.29, 1.82) is 0 Å².